The summed E-state index contributed by atoms with van der Waals surface area (Å²) in [5.41, 5.74) is 2.61. The van der Waals surface area contributed by atoms with Gasteiger partial charge in [-0.3, -0.25) is 9.59 Å². The first kappa shape index (κ1) is 17.6. The minimum Gasteiger partial charge on any atom is -0.351 e. The second-order valence-electron chi connectivity index (χ2n) is 6.11. The Labute approximate surface area is 154 Å². The number of aryl methyl sites for hydroxylation is 1. The van der Waals surface area contributed by atoms with Gasteiger partial charge in [0.1, 0.15) is 11.7 Å². The second-order valence-corrected chi connectivity index (χ2v) is 7.02. The summed E-state index contributed by atoms with van der Waals surface area (Å²) in [6.07, 6.45) is 0.490. The quantitative estimate of drug-likeness (QED) is 0.791. The highest BCUT2D eigenvalue weighted by Gasteiger charge is 2.37. The lowest BCUT2D eigenvalue weighted by Gasteiger charge is -2.19. The lowest BCUT2D eigenvalue weighted by Crippen LogP contribution is -2.36. The zero-order valence-corrected chi connectivity index (χ0v) is 15.3. The van der Waals surface area contributed by atoms with E-state index in [0.29, 0.717) is 13.0 Å². The maximum atomic E-state index is 12.9. The van der Waals surface area contributed by atoms with E-state index in [-0.39, 0.29) is 24.2 Å². The fourth-order valence-electron chi connectivity index (χ4n) is 3.00. The van der Waals surface area contributed by atoms with Crippen LogP contribution < -0.4 is 10.2 Å². The molecule has 0 aliphatic carbocycles. The van der Waals surface area contributed by atoms with Crippen LogP contribution in [0.2, 0.25) is 0 Å². The highest BCUT2D eigenvalue weighted by atomic mass is 79.9. The summed E-state index contributed by atoms with van der Waals surface area (Å²) >= 11 is 3.41. The highest BCUT2D eigenvalue weighted by Crippen LogP contribution is 2.30. The Kier molecular flexibility index (Phi) is 5.18. The summed E-state index contributed by atoms with van der Waals surface area (Å²) in [5, 5.41) is 2.77. The topological polar surface area (TPSA) is 49.4 Å². The number of hydrogen-bond acceptors (Lipinski definition) is 2. The Balaban J connectivity index is 1.64. The van der Waals surface area contributed by atoms with Crippen molar-refractivity contribution in [1.29, 1.82) is 0 Å². The monoisotopic (exact) mass is 404 g/mol. The Bertz CT molecular complexity index is 808. The molecule has 1 unspecified atom stereocenters. The molecular weight excluding hydrogens is 387 g/mol. The number of anilines is 1. The lowest BCUT2D eigenvalue weighted by atomic mass is 10.1. The van der Waals surface area contributed by atoms with E-state index in [1.807, 2.05) is 25.1 Å². The van der Waals surface area contributed by atoms with Crippen molar-refractivity contribution in [2.75, 3.05) is 11.4 Å². The second kappa shape index (κ2) is 7.35. The lowest BCUT2D eigenvalue weighted by molar-refractivity contribution is -0.132. The molecule has 1 N–H and O–H groups in total. The molecule has 0 spiro atoms. The van der Waals surface area contributed by atoms with Gasteiger partial charge in [0.15, 0.2) is 0 Å². The molecule has 4 nitrogen and oxygen atoms in total. The van der Waals surface area contributed by atoms with Crippen LogP contribution in [-0.2, 0) is 16.1 Å². The average molecular weight is 405 g/mol. The fraction of sp³-hybridized carbons (Fsp3) is 0.263. The number of nitrogens with zero attached hydrogens (tertiary/aromatic N) is 1. The Morgan fingerprint density at radius 1 is 1.28 bits per heavy atom. The van der Waals surface area contributed by atoms with E-state index in [9.17, 15) is 14.0 Å². The van der Waals surface area contributed by atoms with Gasteiger partial charge in [-0.05, 0) is 54.8 Å². The number of amides is 2. The van der Waals surface area contributed by atoms with Crippen molar-refractivity contribution in [2.45, 2.75) is 19.9 Å². The zero-order valence-electron chi connectivity index (χ0n) is 13.8. The van der Waals surface area contributed by atoms with E-state index in [4.69, 9.17) is 0 Å². The average Bonchev–Trinajstić information content (AvgIpc) is 2.96. The van der Waals surface area contributed by atoms with Gasteiger partial charge in [0.05, 0.1) is 0 Å². The highest BCUT2D eigenvalue weighted by molar-refractivity contribution is 9.10. The minimum atomic E-state index is -0.677. The molecule has 0 bridgehead atoms. The molecule has 2 amide bonds. The molecule has 1 atom stereocenters. The van der Waals surface area contributed by atoms with Crippen LogP contribution in [0, 0.1) is 18.7 Å². The van der Waals surface area contributed by atoms with Gasteiger partial charge >= 0.3 is 0 Å². The van der Waals surface area contributed by atoms with Crippen LogP contribution in [0.1, 0.15) is 17.5 Å². The van der Waals surface area contributed by atoms with Crippen molar-refractivity contribution in [3.63, 3.8) is 0 Å². The Morgan fingerprint density at radius 3 is 2.68 bits per heavy atom. The zero-order chi connectivity index (χ0) is 18.0. The van der Waals surface area contributed by atoms with Gasteiger partial charge in [0, 0.05) is 23.2 Å². The number of carbonyl (C=O) groups is 2. The maximum absolute atomic E-state index is 12.9. The standard InChI is InChI=1S/C19H18BrFN2O2/c1-12-10-14(20)4-7-17(12)23-9-8-16(19(23)25)18(24)22-11-13-2-5-15(21)6-3-13/h2-7,10,16H,8-9,11H2,1H3,(H,22,24). The molecule has 1 saturated heterocycles. The van der Waals surface area contributed by atoms with Gasteiger partial charge in [0.25, 0.3) is 0 Å². The summed E-state index contributed by atoms with van der Waals surface area (Å²) in [4.78, 5) is 26.7. The molecule has 2 aromatic carbocycles. The summed E-state index contributed by atoms with van der Waals surface area (Å²) in [6.45, 7) is 2.74. The molecule has 3 rings (SSSR count). The van der Waals surface area contributed by atoms with Crippen molar-refractivity contribution in [3.05, 3.63) is 63.9 Å². The first-order valence-electron chi connectivity index (χ1n) is 8.05. The van der Waals surface area contributed by atoms with Crippen LogP contribution in [-0.4, -0.2) is 18.4 Å². The molecule has 6 heteroatoms. The van der Waals surface area contributed by atoms with Gasteiger partial charge in [-0.25, -0.2) is 4.39 Å². The Morgan fingerprint density at radius 2 is 2.00 bits per heavy atom. The molecule has 1 aliphatic rings. The smallest absolute Gasteiger partial charge is 0.239 e. The molecule has 2 aromatic rings. The van der Waals surface area contributed by atoms with Crippen molar-refractivity contribution >= 4 is 33.4 Å². The van der Waals surface area contributed by atoms with Crippen LogP contribution in [0.15, 0.2) is 46.9 Å². The third-order valence-corrected chi connectivity index (χ3v) is 4.84. The van der Waals surface area contributed by atoms with Crippen LogP contribution in [0.3, 0.4) is 0 Å². The van der Waals surface area contributed by atoms with Crippen molar-refractivity contribution < 1.29 is 14.0 Å². The van der Waals surface area contributed by atoms with Crippen molar-refractivity contribution in [1.82, 2.24) is 5.32 Å². The molecule has 0 aromatic heterocycles. The van der Waals surface area contributed by atoms with Crippen LogP contribution >= 0.6 is 15.9 Å². The molecule has 25 heavy (non-hydrogen) atoms. The van der Waals surface area contributed by atoms with E-state index in [1.54, 1.807) is 17.0 Å². The predicted octanol–water partition coefficient (Wildman–Crippen LogP) is 3.57. The van der Waals surface area contributed by atoms with Gasteiger partial charge in [-0.15, -0.1) is 0 Å². The molecule has 1 heterocycles. The first-order valence-corrected chi connectivity index (χ1v) is 8.84. The number of carbonyl (C=O) groups excluding carboxylic acids is 2. The van der Waals surface area contributed by atoms with E-state index < -0.39 is 5.92 Å². The largest absolute Gasteiger partial charge is 0.351 e. The molecular formula is C19H18BrFN2O2. The number of halogens is 2. The minimum absolute atomic E-state index is 0.179. The van der Waals surface area contributed by atoms with E-state index >= 15 is 0 Å². The van der Waals surface area contributed by atoms with E-state index in [2.05, 4.69) is 21.2 Å². The SMILES string of the molecule is Cc1cc(Br)ccc1N1CCC(C(=O)NCc2ccc(F)cc2)C1=O. The maximum Gasteiger partial charge on any atom is 0.239 e. The van der Waals surface area contributed by atoms with Crippen molar-refractivity contribution in [3.8, 4) is 0 Å². The Hall–Kier alpha value is -2.21. The summed E-state index contributed by atoms with van der Waals surface area (Å²) in [6, 6.07) is 11.6. The van der Waals surface area contributed by atoms with Crippen LogP contribution in [0.25, 0.3) is 0 Å². The van der Waals surface area contributed by atoms with Crippen LogP contribution in [0.4, 0.5) is 10.1 Å². The summed E-state index contributed by atoms with van der Waals surface area (Å²) < 4.78 is 13.9. The van der Waals surface area contributed by atoms with Crippen molar-refractivity contribution in [2.24, 2.45) is 5.92 Å². The predicted molar refractivity (Wildman–Crippen MR) is 97.6 cm³/mol. The molecule has 0 radical (unpaired) electrons. The summed E-state index contributed by atoms with van der Waals surface area (Å²) in [7, 11) is 0. The number of nitrogens with one attached hydrogen (secondary N) is 1. The van der Waals surface area contributed by atoms with E-state index in [1.165, 1.54) is 12.1 Å². The van der Waals surface area contributed by atoms with Gasteiger partial charge < -0.3 is 10.2 Å². The number of hydrogen-bond donors (Lipinski definition) is 1. The molecule has 1 fully saturated rings. The van der Waals surface area contributed by atoms with Crippen LogP contribution in [0.5, 0.6) is 0 Å². The third kappa shape index (κ3) is 3.90. The number of rotatable bonds is 4. The first-order chi connectivity index (χ1) is 12.0. The summed E-state index contributed by atoms with van der Waals surface area (Å²) in [5.74, 6) is -1.46. The van der Waals surface area contributed by atoms with E-state index in [0.717, 1.165) is 21.3 Å². The third-order valence-electron chi connectivity index (χ3n) is 4.35. The molecule has 1 aliphatic heterocycles. The fourth-order valence-corrected chi connectivity index (χ4v) is 3.47. The molecule has 0 saturated carbocycles. The van der Waals surface area contributed by atoms with Gasteiger partial charge in [-0.2, -0.15) is 0 Å². The van der Waals surface area contributed by atoms with Gasteiger partial charge in [0.2, 0.25) is 11.8 Å². The molecule has 130 valence electrons. The number of benzene rings is 2. The normalized spacial score (nSPS) is 17.0. The van der Waals surface area contributed by atoms with Gasteiger partial charge in [-0.1, -0.05) is 28.1 Å².